The zero-order valence-electron chi connectivity index (χ0n) is 15.6. The molecule has 4 nitrogen and oxygen atoms in total. The smallest absolute Gasteiger partial charge is 0.393 e. The summed E-state index contributed by atoms with van der Waals surface area (Å²) in [7, 11) is 0. The molecule has 0 radical (unpaired) electrons. The van der Waals surface area contributed by atoms with Gasteiger partial charge in [-0.1, -0.05) is 24.4 Å². The molecule has 1 unspecified atom stereocenters. The maximum atomic E-state index is 13.2. The number of rotatable bonds is 4. The molecule has 3 atom stereocenters. The van der Waals surface area contributed by atoms with E-state index in [0.717, 1.165) is 31.4 Å². The van der Waals surface area contributed by atoms with Gasteiger partial charge in [-0.05, 0) is 43.5 Å². The Morgan fingerprint density at radius 3 is 2.61 bits per heavy atom. The van der Waals surface area contributed by atoms with Gasteiger partial charge in [0.05, 0.1) is 17.7 Å². The second kappa shape index (κ2) is 7.95. The summed E-state index contributed by atoms with van der Waals surface area (Å²) in [5.41, 5.74) is 6.07. The lowest BCUT2D eigenvalue weighted by molar-refractivity contribution is -0.137. The quantitative estimate of drug-likeness (QED) is 0.763. The molecule has 0 spiro atoms. The van der Waals surface area contributed by atoms with E-state index in [1.54, 1.807) is 6.92 Å². The van der Waals surface area contributed by atoms with Crippen LogP contribution >= 0.6 is 11.6 Å². The van der Waals surface area contributed by atoms with Crippen molar-refractivity contribution in [2.45, 2.75) is 57.3 Å². The molecule has 1 aliphatic carbocycles. The predicted octanol–water partition coefficient (Wildman–Crippen LogP) is 4.42. The first kappa shape index (κ1) is 21.0. The highest BCUT2D eigenvalue weighted by Crippen LogP contribution is 2.44. The number of aliphatic hydroxyl groups is 1. The monoisotopic (exact) mass is 416 g/mol. The first-order valence-corrected chi connectivity index (χ1v) is 9.78. The first-order valence-electron chi connectivity index (χ1n) is 9.40. The maximum Gasteiger partial charge on any atom is 0.416 e. The van der Waals surface area contributed by atoms with Gasteiger partial charge >= 0.3 is 6.18 Å². The second-order valence-electron chi connectivity index (χ2n) is 7.65. The molecule has 0 saturated heterocycles. The largest absolute Gasteiger partial charge is 0.416 e. The van der Waals surface area contributed by atoms with Crippen LogP contribution in [0.2, 0.25) is 5.02 Å². The zero-order chi connectivity index (χ0) is 20.6. The third-order valence-corrected chi connectivity index (χ3v) is 6.27. The van der Waals surface area contributed by atoms with E-state index in [0.29, 0.717) is 29.8 Å². The number of carbonyl (C=O) groups is 1. The summed E-state index contributed by atoms with van der Waals surface area (Å²) < 4.78 is 39.6. The first-order chi connectivity index (χ1) is 13.1. The SMILES string of the molecule is CC1=C(C(N)=O)CC(c2cc(C(F)(F)F)ccc2Cl)N1C[C@H]1CCCC[C@H]1O. The van der Waals surface area contributed by atoms with E-state index in [4.69, 9.17) is 17.3 Å². The number of benzene rings is 1. The molecule has 28 heavy (non-hydrogen) atoms. The third kappa shape index (κ3) is 4.15. The fraction of sp³-hybridized carbons (Fsp3) is 0.550. The number of nitrogens with zero attached hydrogens (tertiary/aromatic N) is 1. The van der Waals surface area contributed by atoms with Crippen LogP contribution in [-0.2, 0) is 11.0 Å². The molecule has 2 aliphatic rings. The number of nitrogens with two attached hydrogens (primary N) is 1. The van der Waals surface area contributed by atoms with E-state index in [1.807, 2.05) is 4.90 Å². The number of alkyl halides is 3. The van der Waals surface area contributed by atoms with Crippen LogP contribution in [0, 0.1) is 5.92 Å². The molecule has 3 N–H and O–H groups in total. The molecule has 1 fully saturated rings. The molecular weight excluding hydrogens is 393 g/mol. The van der Waals surface area contributed by atoms with Gasteiger partial charge in [0, 0.05) is 35.2 Å². The van der Waals surface area contributed by atoms with Crippen molar-refractivity contribution in [3.63, 3.8) is 0 Å². The van der Waals surface area contributed by atoms with E-state index in [9.17, 15) is 23.1 Å². The lowest BCUT2D eigenvalue weighted by atomic mass is 9.85. The van der Waals surface area contributed by atoms with Crippen LogP contribution in [-0.4, -0.2) is 28.6 Å². The van der Waals surface area contributed by atoms with Crippen molar-refractivity contribution < 1.29 is 23.1 Å². The number of primary amides is 1. The van der Waals surface area contributed by atoms with Gasteiger partial charge in [-0.15, -0.1) is 0 Å². The van der Waals surface area contributed by atoms with Gasteiger partial charge in [-0.25, -0.2) is 0 Å². The van der Waals surface area contributed by atoms with Crippen molar-refractivity contribution in [2.24, 2.45) is 11.7 Å². The van der Waals surface area contributed by atoms with Gasteiger partial charge in [-0.2, -0.15) is 13.2 Å². The fourth-order valence-electron chi connectivity index (χ4n) is 4.31. The summed E-state index contributed by atoms with van der Waals surface area (Å²) in [6.07, 6.45) is -1.25. The summed E-state index contributed by atoms with van der Waals surface area (Å²) >= 11 is 6.26. The Bertz CT molecular complexity index is 794. The summed E-state index contributed by atoms with van der Waals surface area (Å²) in [5.74, 6) is -0.597. The highest BCUT2D eigenvalue weighted by Gasteiger charge is 2.38. The summed E-state index contributed by atoms with van der Waals surface area (Å²) in [5, 5.41) is 10.6. The minimum absolute atomic E-state index is 0.0111. The van der Waals surface area contributed by atoms with E-state index in [-0.39, 0.29) is 17.4 Å². The van der Waals surface area contributed by atoms with Gasteiger partial charge in [0.1, 0.15) is 0 Å². The second-order valence-corrected chi connectivity index (χ2v) is 8.05. The number of amides is 1. The molecule has 1 aromatic carbocycles. The number of hydrogen-bond acceptors (Lipinski definition) is 3. The molecular formula is C20H24ClF3N2O2. The van der Waals surface area contributed by atoms with Crippen LogP contribution < -0.4 is 5.73 Å². The molecule has 8 heteroatoms. The minimum atomic E-state index is -4.49. The lowest BCUT2D eigenvalue weighted by Gasteiger charge is -2.36. The van der Waals surface area contributed by atoms with Crippen molar-refractivity contribution in [2.75, 3.05) is 6.54 Å². The lowest BCUT2D eigenvalue weighted by Crippen LogP contribution is -2.36. The standard InChI is InChI=1S/C20H24ClF3N2O2/c1-11-14(19(25)28)9-17(26(11)10-12-4-2-3-5-18(12)27)15-8-13(20(22,23)24)6-7-16(15)21/h6-8,12,17-18,27H,2-5,9-10H2,1H3,(H2,25,28)/t12-,17?,18-/m1/s1. The van der Waals surface area contributed by atoms with Crippen LogP contribution in [0.25, 0.3) is 0 Å². The molecule has 1 amide bonds. The molecule has 3 rings (SSSR count). The van der Waals surface area contributed by atoms with Gasteiger partial charge in [0.25, 0.3) is 0 Å². The predicted molar refractivity (Wildman–Crippen MR) is 100 cm³/mol. The molecule has 0 bridgehead atoms. The Labute approximate surface area is 167 Å². The van der Waals surface area contributed by atoms with Crippen LogP contribution in [0.5, 0.6) is 0 Å². The Morgan fingerprint density at radius 2 is 2.00 bits per heavy atom. The zero-order valence-corrected chi connectivity index (χ0v) is 16.4. The molecule has 154 valence electrons. The summed E-state index contributed by atoms with van der Waals surface area (Å²) in [6, 6.07) is 2.72. The molecule has 0 aromatic heterocycles. The minimum Gasteiger partial charge on any atom is -0.393 e. The highest BCUT2D eigenvalue weighted by molar-refractivity contribution is 6.31. The third-order valence-electron chi connectivity index (χ3n) is 5.92. The number of carbonyl (C=O) groups excluding carboxylic acids is 1. The topological polar surface area (TPSA) is 66.6 Å². The van der Waals surface area contributed by atoms with Crippen LogP contribution in [0.4, 0.5) is 13.2 Å². The van der Waals surface area contributed by atoms with E-state index >= 15 is 0 Å². The normalized spacial score (nSPS) is 26.1. The van der Waals surface area contributed by atoms with Crippen molar-refractivity contribution in [3.05, 3.63) is 45.6 Å². The molecule has 1 aromatic rings. The van der Waals surface area contributed by atoms with Crippen LogP contribution in [0.15, 0.2) is 29.5 Å². The van der Waals surface area contributed by atoms with Crippen molar-refractivity contribution in [1.82, 2.24) is 4.90 Å². The Morgan fingerprint density at radius 1 is 1.32 bits per heavy atom. The Kier molecular flexibility index (Phi) is 5.96. The molecule has 1 saturated carbocycles. The van der Waals surface area contributed by atoms with E-state index < -0.39 is 29.8 Å². The van der Waals surface area contributed by atoms with Crippen molar-refractivity contribution in [3.8, 4) is 0 Å². The number of halogens is 4. The number of allylic oxidation sites excluding steroid dienone is 1. The van der Waals surface area contributed by atoms with Crippen LogP contribution in [0.3, 0.4) is 0 Å². The maximum absolute atomic E-state index is 13.2. The van der Waals surface area contributed by atoms with Crippen molar-refractivity contribution >= 4 is 17.5 Å². The average Bonchev–Trinajstić information content (AvgIpc) is 2.93. The van der Waals surface area contributed by atoms with E-state index in [1.165, 1.54) is 6.07 Å². The van der Waals surface area contributed by atoms with E-state index in [2.05, 4.69) is 0 Å². The summed E-state index contributed by atoms with van der Waals surface area (Å²) in [4.78, 5) is 13.8. The van der Waals surface area contributed by atoms with Gasteiger partial charge in [0.2, 0.25) is 5.91 Å². The number of aliphatic hydroxyl groups excluding tert-OH is 1. The highest BCUT2D eigenvalue weighted by atomic mass is 35.5. The fourth-order valence-corrected chi connectivity index (χ4v) is 4.55. The number of hydrogen-bond donors (Lipinski definition) is 2. The average molecular weight is 417 g/mol. The summed E-state index contributed by atoms with van der Waals surface area (Å²) in [6.45, 7) is 2.19. The van der Waals surface area contributed by atoms with Crippen LogP contribution in [0.1, 0.15) is 56.2 Å². The van der Waals surface area contributed by atoms with Gasteiger partial charge in [0.15, 0.2) is 0 Å². The van der Waals surface area contributed by atoms with Gasteiger partial charge < -0.3 is 15.7 Å². The van der Waals surface area contributed by atoms with Gasteiger partial charge in [-0.3, -0.25) is 4.79 Å². The molecule has 1 heterocycles. The molecule has 1 aliphatic heterocycles. The van der Waals surface area contributed by atoms with Crippen molar-refractivity contribution in [1.29, 1.82) is 0 Å². The Hall–Kier alpha value is -1.73. The Balaban J connectivity index is 1.98.